The molecule has 2 atom stereocenters. The number of likely N-dealkylation sites (N-methyl/N-ethyl adjacent to an activating group) is 1. The Bertz CT molecular complexity index is 2440. The number of hydrogen-bond acceptors (Lipinski definition) is 5. The molecule has 48 heavy (non-hydrogen) atoms. The summed E-state index contributed by atoms with van der Waals surface area (Å²) in [6.45, 7) is 0.488. The van der Waals surface area contributed by atoms with E-state index in [1.165, 1.54) is 21.5 Å². The lowest BCUT2D eigenvalue weighted by molar-refractivity contribution is -0.870. The van der Waals surface area contributed by atoms with Gasteiger partial charge in [-0.2, -0.15) is 0 Å². The molecule has 0 spiro atoms. The second-order valence-corrected chi connectivity index (χ2v) is 15.0. The minimum atomic E-state index is -4.35. The van der Waals surface area contributed by atoms with Gasteiger partial charge in [0.15, 0.2) is 6.10 Å². The first kappa shape index (κ1) is 30.8. The normalized spacial score (nSPS) is 14.5. The molecule has 1 unspecified atom stereocenters. The maximum absolute atomic E-state index is 12.9. The molecule has 0 radical (unpaired) electrons. The molecule has 0 heterocycles. The molecule has 7 nitrogen and oxygen atoms in total. The first-order valence-electron chi connectivity index (χ1n) is 16.2. The van der Waals surface area contributed by atoms with Gasteiger partial charge in [0, 0.05) is 21.5 Å². The Kier molecular flexibility index (Phi) is 7.63. The van der Waals surface area contributed by atoms with Gasteiger partial charge in [0.25, 0.3) is 0 Å². The fourth-order valence-electron chi connectivity index (χ4n) is 6.77. The average Bonchev–Trinajstić information content (AvgIpc) is 3.07. The van der Waals surface area contributed by atoms with E-state index in [0.29, 0.717) is 22.5 Å². The third-order valence-corrected chi connectivity index (χ3v) is 10.1. The summed E-state index contributed by atoms with van der Waals surface area (Å²) in [5.41, 5.74) is 0. The fourth-order valence-corrected chi connectivity index (χ4v) is 7.51. The van der Waals surface area contributed by atoms with Crippen molar-refractivity contribution in [3.63, 3.8) is 0 Å². The Morgan fingerprint density at radius 1 is 0.583 bits per heavy atom. The molecule has 0 aliphatic rings. The predicted molar refractivity (Wildman–Crippen MR) is 195 cm³/mol. The smallest absolute Gasteiger partial charge is 0.472 e. The van der Waals surface area contributed by atoms with Crippen molar-refractivity contribution in [3.05, 3.63) is 109 Å². The number of quaternary nitrogens is 1. The van der Waals surface area contributed by atoms with Gasteiger partial charge in [0.2, 0.25) is 0 Å². The average molecular weight is 659 g/mol. The van der Waals surface area contributed by atoms with Gasteiger partial charge in [-0.05, 0) is 67.4 Å². The molecule has 8 aromatic carbocycles. The molecule has 0 aliphatic carbocycles. The lowest BCUT2D eigenvalue weighted by Crippen LogP contribution is -2.37. The lowest BCUT2D eigenvalue weighted by Gasteiger charge is -2.25. The van der Waals surface area contributed by atoms with E-state index in [0.717, 1.165) is 43.1 Å². The van der Waals surface area contributed by atoms with Gasteiger partial charge in [-0.3, -0.25) is 9.05 Å². The van der Waals surface area contributed by atoms with Crippen LogP contribution in [0, 0.1) is 0 Å². The van der Waals surface area contributed by atoms with Gasteiger partial charge in [-0.25, -0.2) is 4.57 Å². The number of nitrogens with zero attached hydrogens (tertiary/aromatic N) is 1. The van der Waals surface area contributed by atoms with Gasteiger partial charge in [-0.15, -0.1) is 0 Å². The van der Waals surface area contributed by atoms with E-state index < -0.39 is 13.9 Å². The van der Waals surface area contributed by atoms with Gasteiger partial charge < -0.3 is 18.9 Å². The number of rotatable bonds is 12. The Morgan fingerprint density at radius 3 is 1.58 bits per heavy atom. The monoisotopic (exact) mass is 658 g/mol. The van der Waals surface area contributed by atoms with Crippen molar-refractivity contribution in [2.24, 2.45) is 0 Å². The highest BCUT2D eigenvalue weighted by Crippen LogP contribution is 2.44. The van der Waals surface area contributed by atoms with Crippen molar-refractivity contribution >= 4 is 72.5 Å². The standard InChI is InChI=1S/C40H36NO6P/c1-41(2,3)22-23-45-48(42,43)46-25-32(47-36-21-17-31-13-11-27-7-5-9-29-15-19-34(36)40(31)38(27)29)24-44-35-20-16-30-12-10-26-6-4-8-28-14-18-33(35)39(30)37(26)28/h4-21,32H,22-25H2,1-3H3/p+1/t32-/m1/s1. The summed E-state index contributed by atoms with van der Waals surface area (Å²) in [5, 5.41) is 13.5. The van der Waals surface area contributed by atoms with Crippen molar-refractivity contribution in [3.8, 4) is 11.5 Å². The maximum Gasteiger partial charge on any atom is 0.472 e. The number of phosphoric ester groups is 1. The first-order valence-corrected chi connectivity index (χ1v) is 17.7. The Morgan fingerprint density at radius 2 is 1.04 bits per heavy atom. The molecule has 0 saturated heterocycles. The van der Waals surface area contributed by atoms with Crippen LogP contribution in [-0.4, -0.2) is 63.0 Å². The zero-order chi connectivity index (χ0) is 33.0. The third kappa shape index (κ3) is 5.79. The zero-order valence-electron chi connectivity index (χ0n) is 27.2. The van der Waals surface area contributed by atoms with E-state index in [9.17, 15) is 9.46 Å². The molecular formula is C40H37NO6P+. The van der Waals surface area contributed by atoms with Gasteiger partial charge in [0.05, 0.1) is 27.7 Å². The first-order chi connectivity index (χ1) is 23.1. The molecule has 8 aromatic rings. The van der Waals surface area contributed by atoms with Crippen LogP contribution in [-0.2, 0) is 13.6 Å². The highest BCUT2D eigenvalue weighted by atomic mass is 31.2. The number of benzene rings is 8. The van der Waals surface area contributed by atoms with Crippen LogP contribution in [0.4, 0.5) is 0 Å². The second kappa shape index (κ2) is 11.9. The number of hydrogen-bond donors (Lipinski definition) is 1. The van der Waals surface area contributed by atoms with E-state index in [4.69, 9.17) is 18.5 Å². The Balaban J connectivity index is 1.12. The van der Waals surface area contributed by atoms with Crippen molar-refractivity contribution in [2.75, 3.05) is 47.5 Å². The van der Waals surface area contributed by atoms with E-state index in [1.54, 1.807) is 0 Å². The third-order valence-electron chi connectivity index (χ3n) is 9.14. The minimum absolute atomic E-state index is 0.0742. The van der Waals surface area contributed by atoms with Crippen LogP contribution in [0.2, 0.25) is 0 Å². The lowest BCUT2D eigenvalue weighted by atomic mass is 9.94. The van der Waals surface area contributed by atoms with Crippen molar-refractivity contribution in [2.45, 2.75) is 6.10 Å². The summed E-state index contributed by atoms with van der Waals surface area (Å²) in [6.07, 6.45) is -0.732. The molecule has 8 heteroatoms. The molecule has 0 fully saturated rings. The number of phosphoric acid groups is 1. The van der Waals surface area contributed by atoms with Crippen LogP contribution in [0.15, 0.2) is 109 Å². The number of ether oxygens (including phenoxy) is 2. The molecule has 8 rings (SSSR count). The van der Waals surface area contributed by atoms with Gasteiger partial charge in [-0.1, -0.05) is 84.9 Å². The highest BCUT2D eigenvalue weighted by molar-refractivity contribution is 7.47. The fraction of sp³-hybridized carbons (Fsp3) is 0.200. The summed E-state index contributed by atoms with van der Waals surface area (Å²) in [4.78, 5) is 10.6. The van der Waals surface area contributed by atoms with E-state index in [-0.39, 0.29) is 19.8 Å². The van der Waals surface area contributed by atoms with Crippen LogP contribution < -0.4 is 9.47 Å². The van der Waals surface area contributed by atoms with Crippen LogP contribution in [0.1, 0.15) is 0 Å². The zero-order valence-corrected chi connectivity index (χ0v) is 28.1. The summed E-state index contributed by atoms with van der Waals surface area (Å²) < 4.78 is 37.5. The molecule has 0 aromatic heterocycles. The van der Waals surface area contributed by atoms with Crippen LogP contribution >= 0.6 is 7.82 Å². The van der Waals surface area contributed by atoms with E-state index in [2.05, 4.69) is 91.0 Å². The van der Waals surface area contributed by atoms with Crippen LogP contribution in [0.3, 0.4) is 0 Å². The second-order valence-electron chi connectivity index (χ2n) is 13.5. The Labute approximate surface area is 278 Å². The molecule has 0 saturated carbocycles. The molecule has 1 N–H and O–H groups in total. The SMILES string of the molecule is C[N+](C)(C)CCOP(=O)(O)OC[C@@H](COc1ccc2ccc3cccc4ccc1c2c34)Oc1ccc2ccc3cccc4ccc1c2c34. The van der Waals surface area contributed by atoms with Crippen molar-refractivity contribution in [1.29, 1.82) is 0 Å². The maximum atomic E-state index is 12.9. The molecular weight excluding hydrogens is 621 g/mol. The Hall–Kier alpha value is -4.49. The quantitative estimate of drug-likeness (QED) is 0.0802. The topological polar surface area (TPSA) is 74.2 Å². The van der Waals surface area contributed by atoms with Crippen molar-refractivity contribution < 1.29 is 32.5 Å². The van der Waals surface area contributed by atoms with Gasteiger partial charge >= 0.3 is 7.82 Å². The molecule has 242 valence electrons. The molecule has 0 amide bonds. The predicted octanol–water partition coefficient (Wildman–Crippen LogP) is 9.15. The summed E-state index contributed by atoms with van der Waals surface area (Å²) >= 11 is 0. The van der Waals surface area contributed by atoms with Gasteiger partial charge in [0.1, 0.15) is 31.3 Å². The van der Waals surface area contributed by atoms with Crippen molar-refractivity contribution in [1.82, 2.24) is 0 Å². The summed E-state index contributed by atoms with van der Waals surface area (Å²) in [6, 6.07) is 37.6. The van der Waals surface area contributed by atoms with Crippen LogP contribution in [0.25, 0.3) is 64.6 Å². The van der Waals surface area contributed by atoms with Crippen LogP contribution in [0.5, 0.6) is 11.5 Å². The summed E-state index contributed by atoms with van der Waals surface area (Å²) in [7, 11) is 1.62. The van der Waals surface area contributed by atoms with E-state index >= 15 is 0 Å². The molecule has 0 aliphatic heterocycles. The summed E-state index contributed by atoms with van der Waals surface area (Å²) in [5.74, 6) is 1.35. The minimum Gasteiger partial charge on any atom is -0.489 e. The largest absolute Gasteiger partial charge is 0.489 e. The highest BCUT2D eigenvalue weighted by Gasteiger charge is 2.27. The van der Waals surface area contributed by atoms with E-state index in [1.807, 2.05) is 39.3 Å². The molecule has 0 bridgehead atoms.